The zero-order valence-corrected chi connectivity index (χ0v) is 12.4. The quantitative estimate of drug-likeness (QED) is 0.550. The molecule has 0 bridgehead atoms. The molecule has 24 valence electrons. The monoisotopic (exact) mass is 288 g/mol. The van der Waals surface area contributed by atoms with Crippen LogP contribution >= 0.6 is 0 Å². The van der Waals surface area contributed by atoms with E-state index in [1.54, 1.807) is 0 Å². The molecule has 0 unspecified atom stereocenters. The molecule has 0 N–H and O–H groups in total. The molecule has 6 heavy (non-hydrogen) atoms. The maximum atomic E-state index is 0. The summed E-state index contributed by atoms with van der Waals surface area (Å²) in [5.74, 6) is 0. The minimum atomic E-state index is 0. The molecule has 0 fully saturated rings. The maximum absolute atomic E-state index is 0. The molecule has 0 aromatic heterocycles. The Bertz CT molecular complexity index is 0. The van der Waals surface area contributed by atoms with Crippen LogP contribution in [0.3, 0.4) is 0 Å². The van der Waals surface area contributed by atoms with Gasteiger partial charge >= 0.3 is 0 Å². The fourth-order valence-electron chi connectivity index (χ4n) is 0. The molecule has 0 spiro atoms. The summed E-state index contributed by atoms with van der Waals surface area (Å²) in [5.41, 5.74) is 0. The Hall–Kier alpha value is 4.29. The molecule has 6 heteroatoms. The molecule has 0 heterocycles. The average Bonchev–Trinajstić information content (AvgIpc) is 0. The van der Waals surface area contributed by atoms with Crippen molar-refractivity contribution in [3.05, 3.63) is 0 Å². The van der Waals surface area contributed by atoms with E-state index in [1.807, 2.05) is 0 Å². The third-order valence-electron chi connectivity index (χ3n) is 0. The smallest absolute Gasteiger partial charge is 0 e. The number of hydrogen-bond acceptors (Lipinski definition) is 0. The topological polar surface area (TPSA) is 0 Å². The predicted octanol–water partition coefficient (Wildman–Crippen LogP) is -0.0150. The van der Waals surface area contributed by atoms with Crippen LogP contribution in [0.2, 0.25) is 0 Å². The van der Waals surface area contributed by atoms with Gasteiger partial charge in [0.15, 0.2) is 0 Å². The van der Waals surface area contributed by atoms with Gasteiger partial charge in [0.1, 0.15) is 0 Å². The Balaban J connectivity index is 0. The van der Waals surface area contributed by atoms with E-state index < -0.39 is 0 Å². The molecular weight excluding hydrogens is 287 g/mol. The number of hydrogen-bond donors (Lipinski definition) is 0. The first kappa shape index (κ1) is 48.3. The fourth-order valence-corrected chi connectivity index (χ4v) is 0. The van der Waals surface area contributed by atoms with E-state index in [0.717, 1.165) is 0 Å². The van der Waals surface area contributed by atoms with Gasteiger partial charge in [-0.15, -0.1) is 0 Å². The van der Waals surface area contributed by atoms with Crippen LogP contribution in [0.15, 0.2) is 0 Å². The molecule has 0 amide bonds. The van der Waals surface area contributed by atoms with Crippen molar-refractivity contribution < 1.29 is 130 Å². The summed E-state index contributed by atoms with van der Waals surface area (Å²) < 4.78 is 0. The molecule has 0 saturated heterocycles. The van der Waals surface area contributed by atoms with Crippen LogP contribution in [0.1, 0.15) is 0 Å². The molecule has 0 aliphatic rings. The van der Waals surface area contributed by atoms with Crippen molar-refractivity contribution in [3.8, 4) is 0 Å². The first-order chi connectivity index (χ1) is 0. The molecule has 0 nitrogen and oxygen atoms in total. The van der Waals surface area contributed by atoms with Crippen molar-refractivity contribution in [1.29, 1.82) is 0 Å². The zero-order valence-electron chi connectivity index (χ0n) is 3.00. The normalized spacial score (nSPS) is 0. The van der Waals surface area contributed by atoms with E-state index in [9.17, 15) is 0 Å². The van der Waals surface area contributed by atoms with Gasteiger partial charge in [0.05, 0.1) is 0 Å². The summed E-state index contributed by atoms with van der Waals surface area (Å²) in [6.45, 7) is 0. The second kappa shape index (κ2) is 34.7. The summed E-state index contributed by atoms with van der Waals surface area (Å²) in [5, 5.41) is 0. The van der Waals surface area contributed by atoms with Crippen molar-refractivity contribution in [2.24, 2.45) is 0 Å². The first-order valence-corrected chi connectivity index (χ1v) is 0. The molecule has 0 aromatic rings. The average molecular weight is 287 g/mol. The van der Waals surface area contributed by atoms with Gasteiger partial charge in [0.2, 0.25) is 0 Å². The van der Waals surface area contributed by atoms with E-state index in [0.29, 0.717) is 0 Å². The first-order valence-electron chi connectivity index (χ1n) is 0. The Kier molecular flexibility index (Phi) is 279. The summed E-state index contributed by atoms with van der Waals surface area (Å²) in [7, 11) is 0. The number of rotatable bonds is 0. The van der Waals surface area contributed by atoms with Gasteiger partial charge in [-0.2, -0.15) is 0 Å². The molecule has 0 rings (SSSR count). The van der Waals surface area contributed by atoms with Crippen molar-refractivity contribution in [3.63, 3.8) is 0 Å². The summed E-state index contributed by atoms with van der Waals surface area (Å²) in [6.07, 6.45) is 0. The van der Waals surface area contributed by atoms with Gasteiger partial charge < -0.3 is 0 Å². The third-order valence-corrected chi connectivity index (χ3v) is 0. The van der Waals surface area contributed by atoms with E-state index in [4.69, 9.17) is 0 Å². The predicted molar refractivity (Wildman–Crippen MR) is 0 cm³/mol. The van der Waals surface area contributed by atoms with Gasteiger partial charge in [0, 0.05) is 130 Å². The third kappa shape index (κ3) is 23.9. The van der Waals surface area contributed by atoms with Crippen molar-refractivity contribution in [2.75, 3.05) is 0 Å². The second-order valence-electron chi connectivity index (χ2n) is 0. The molecule has 0 saturated carbocycles. The molecular formula is Ti6. The summed E-state index contributed by atoms with van der Waals surface area (Å²) >= 11 is 0. The van der Waals surface area contributed by atoms with Crippen LogP contribution in [-0.2, 0) is 130 Å². The SMILES string of the molecule is [Ti].[Ti].[Ti].[Ti].[Ti].[Ti]. The fraction of sp³-hybridized carbons (Fsp3) is 0. The van der Waals surface area contributed by atoms with Crippen LogP contribution in [0.25, 0.3) is 0 Å². The Labute approximate surface area is 127 Å². The zero-order chi connectivity index (χ0) is 0. The van der Waals surface area contributed by atoms with Gasteiger partial charge in [-0.05, 0) is 0 Å². The van der Waals surface area contributed by atoms with Crippen LogP contribution < -0.4 is 0 Å². The molecule has 0 atom stereocenters. The van der Waals surface area contributed by atoms with Crippen molar-refractivity contribution >= 4 is 0 Å². The molecule has 0 radical (unpaired) electrons. The minimum Gasteiger partial charge on any atom is 0 e. The van der Waals surface area contributed by atoms with Gasteiger partial charge in [0.25, 0.3) is 0 Å². The van der Waals surface area contributed by atoms with Crippen LogP contribution in [0.5, 0.6) is 0 Å². The molecule has 0 aliphatic carbocycles. The molecule has 0 aliphatic heterocycles. The largest absolute Gasteiger partial charge is 0 e. The van der Waals surface area contributed by atoms with E-state index >= 15 is 0 Å². The van der Waals surface area contributed by atoms with Crippen LogP contribution in [-0.4, -0.2) is 0 Å². The van der Waals surface area contributed by atoms with Gasteiger partial charge in [-0.3, -0.25) is 0 Å². The summed E-state index contributed by atoms with van der Waals surface area (Å²) in [4.78, 5) is 0. The Morgan fingerprint density at radius 3 is 0.167 bits per heavy atom. The van der Waals surface area contributed by atoms with Crippen molar-refractivity contribution in [2.45, 2.75) is 0 Å². The maximum Gasteiger partial charge on any atom is 0 e. The van der Waals surface area contributed by atoms with E-state index in [1.165, 1.54) is 0 Å². The van der Waals surface area contributed by atoms with Crippen molar-refractivity contribution in [1.82, 2.24) is 0 Å². The second-order valence-corrected chi connectivity index (χ2v) is 0. The van der Waals surface area contributed by atoms with Gasteiger partial charge in [-0.25, -0.2) is 0 Å². The van der Waals surface area contributed by atoms with Gasteiger partial charge in [-0.1, -0.05) is 0 Å². The molecule has 0 aromatic carbocycles. The standard InChI is InChI=1S/6Ti. The van der Waals surface area contributed by atoms with Crippen LogP contribution in [0, 0.1) is 0 Å². The van der Waals surface area contributed by atoms with E-state index in [2.05, 4.69) is 0 Å². The Morgan fingerprint density at radius 2 is 0.167 bits per heavy atom. The minimum absolute atomic E-state index is 0. The van der Waals surface area contributed by atoms with Crippen LogP contribution in [0.4, 0.5) is 0 Å². The summed E-state index contributed by atoms with van der Waals surface area (Å²) in [6, 6.07) is 0. The Morgan fingerprint density at radius 1 is 0.167 bits per heavy atom. The van der Waals surface area contributed by atoms with E-state index in [-0.39, 0.29) is 130 Å².